The van der Waals surface area contributed by atoms with E-state index in [-0.39, 0.29) is 18.6 Å². The highest BCUT2D eigenvalue weighted by molar-refractivity contribution is 6.03. The van der Waals surface area contributed by atoms with E-state index < -0.39 is 6.10 Å². The van der Waals surface area contributed by atoms with Crippen molar-refractivity contribution in [3.8, 4) is 0 Å². The van der Waals surface area contributed by atoms with E-state index in [9.17, 15) is 9.90 Å². The predicted octanol–water partition coefficient (Wildman–Crippen LogP) is 5.08. The third-order valence-corrected chi connectivity index (χ3v) is 7.98. The number of rotatable bonds is 4. The third-order valence-electron chi connectivity index (χ3n) is 7.98. The second-order valence-corrected chi connectivity index (χ2v) is 10.3. The molecule has 36 heavy (non-hydrogen) atoms. The van der Waals surface area contributed by atoms with Gasteiger partial charge >= 0.3 is 0 Å². The zero-order valence-corrected chi connectivity index (χ0v) is 20.7. The summed E-state index contributed by atoms with van der Waals surface area (Å²) in [6.45, 7) is 3.11. The number of allylic oxidation sites excluding steroid dienone is 1. The molecule has 3 heterocycles. The first kappa shape index (κ1) is 23.3. The van der Waals surface area contributed by atoms with Crippen LogP contribution in [0.15, 0.2) is 66.9 Å². The fourth-order valence-corrected chi connectivity index (χ4v) is 6.06. The van der Waals surface area contributed by atoms with Crippen LogP contribution in [0.5, 0.6) is 0 Å². The molecular weight excluding hydrogens is 448 g/mol. The van der Waals surface area contributed by atoms with E-state index in [2.05, 4.69) is 65.6 Å². The van der Waals surface area contributed by atoms with Crippen molar-refractivity contribution in [3.05, 3.63) is 89.1 Å². The molecule has 2 atom stereocenters. The number of carbonyl (C=O) groups is 1. The van der Waals surface area contributed by atoms with Crippen LogP contribution in [-0.4, -0.2) is 54.4 Å². The Morgan fingerprint density at radius 1 is 1.00 bits per heavy atom. The van der Waals surface area contributed by atoms with Crippen molar-refractivity contribution < 1.29 is 14.6 Å². The molecular formula is C31H34N2O3. The fourth-order valence-electron chi connectivity index (χ4n) is 6.06. The monoisotopic (exact) mass is 482 g/mol. The molecule has 3 aromatic carbocycles. The van der Waals surface area contributed by atoms with Crippen molar-refractivity contribution in [2.45, 2.75) is 50.7 Å². The van der Waals surface area contributed by atoms with Gasteiger partial charge in [0.2, 0.25) is 0 Å². The number of hydrogen-bond acceptors (Lipinski definition) is 4. The van der Waals surface area contributed by atoms with E-state index in [0.717, 1.165) is 48.9 Å². The first-order valence-corrected chi connectivity index (χ1v) is 13.3. The summed E-state index contributed by atoms with van der Waals surface area (Å²) >= 11 is 0. The molecule has 5 heteroatoms. The molecule has 0 aliphatic carbocycles. The average Bonchev–Trinajstić information content (AvgIpc) is 3.44. The van der Waals surface area contributed by atoms with Crippen LogP contribution in [0.1, 0.15) is 52.7 Å². The number of fused-ring (bicyclic) bond motifs is 3. The second-order valence-electron chi connectivity index (χ2n) is 10.3. The lowest BCUT2D eigenvalue weighted by Gasteiger charge is -2.36. The van der Waals surface area contributed by atoms with Crippen LogP contribution in [0, 0.1) is 0 Å². The number of hydrogen-bond donors (Lipinski definition) is 1. The Morgan fingerprint density at radius 3 is 2.56 bits per heavy atom. The van der Waals surface area contributed by atoms with Gasteiger partial charge in [0.1, 0.15) is 0 Å². The molecule has 0 bridgehead atoms. The van der Waals surface area contributed by atoms with E-state index in [1.807, 2.05) is 6.20 Å². The van der Waals surface area contributed by atoms with Crippen molar-refractivity contribution in [2.24, 2.45) is 0 Å². The van der Waals surface area contributed by atoms with Crippen LogP contribution in [0.4, 0.5) is 5.69 Å². The summed E-state index contributed by atoms with van der Waals surface area (Å²) in [5.41, 5.74) is 5.59. The topological polar surface area (TPSA) is 53.0 Å². The average molecular weight is 483 g/mol. The van der Waals surface area contributed by atoms with Gasteiger partial charge in [-0.2, -0.15) is 0 Å². The molecule has 186 valence electrons. The Bertz CT molecular complexity index is 1280. The molecule has 0 radical (unpaired) electrons. The number of benzene rings is 3. The number of aliphatic hydroxyl groups is 1. The molecule has 0 aromatic heterocycles. The Hall–Kier alpha value is -3.15. The highest BCUT2D eigenvalue weighted by atomic mass is 16.5. The van der Waals surface area contributed by atoms with E-state index >= 15 is 0 Å². The number of nitrogens with zero attached hydrogens (tertiary/aromatic N) is 2. The zero-order valence-electron chi connectivity index (χ0n) is 20.7. The normalized spacial score (nSPS) is 22.5. The largest absolute Gasteiger partial charge is 0.389 e. The van der Waals surface area contributed by atoms with Gasteiger partial charge in [0, 0.05) is 37.1 Å². The van der Waals surface area contributed by atoms with Crippen molar-refractivity contribution in [2.75, 3.05) is 31.2 Å². The molecule has 0 spiro atoms. The van der Waals surface area contributed by atoms with Gasteiger partial charge in [0.05, 0.1) is 18.8 Å². The van der Waals surface area contributed by atoms with E-state index in [4.69, 9.17) is 4.74 Å². The minimum Gasteiger partial charge on any atom is -0.389 e. The molecule has 5 nitrogen and oxygen atoms in total. The standard InChI is InChI=1S/C31H34N2O3/c34-30-21-36-18-14-29(30)33-17-4-3-9-27-26-8-2-1-7-25(26)23(20-28(27)31(33)35)19-22-10-12-24(13-11-22)32-15-5-6-16-32/h1-2,4,7-8,10-13,17,20,29-30,34H,3,5-6,9,14-16,18-19,21H2. The number of carbonyl (C=O) groups excluding carboxylic acids is 1. The van der Waals surface area contributed by atoms with Crippen molar-refractivity contribution in [1.29, 1.82) is 0 Å². The van der Waals surface area contributed by atoms with Gasteiger partial charge in [-0.05, 0) is 84.2 Å². The predicted molar refractivity (Wildman–Crippen MR) is 144 cm³/mol. The van der Waals surface area contributed by atoms with Gasteiger partial charge in [0.15, 0.2) is 0 Å². The van der Waals surface area contributed by atoms with Crippen molar-refractivity contribution >= 4 is 22.4 Å². The Kier molecular flexibility index (Phi) is 6.51. The maximum atomic E-state index is 14.0. The lowest BCUT2D eigenvalue weighted by Crippen LogP contribution is -2.49. The molecule has 1 amide bonds. The Morgan fingerprint density at radius 2 is 1.78 bits per heavy atom. The minimum atomic E-state index is -0.677. The molecule has 3 aliphatic heterocycles. The number of aryl methyl sites for hydroxylation is 1. The summed E-state index contributed by atoms with van der Waals surface area (Å²) in [5, 5.41) is 13.0. The van der Waals surface area contributed by atoms with E-state index in [1.165, 1.54) is 35.0 Å². The highest BCUT2D eigenvalue weighted by Crippen LogP contribution is 2.33. The van der Waals surface area contributed by atoms with E-state index in [1.54, 1.807) is 4.90 Å². The lowest BCUT2D eigenvalue weighted by atomic mass is 9.88. The zero-order chi connectivity index (χ0) is 24.5. The molecule has 3 aromatic rings. The summed E-state index contributed by atoms with van der Waals surface area (Å²) in [7, 11) is 0. The molecule has 0 saturated carbocycles. The lowest BCUT2D eigenvalue weighted by molar-refractivity contribution is -0.0485. The molecule has 3 aliphatic rings. The number of anilines is 1. The molecule has 2 saturated heterocycles. The van der Waals surface area contributed by atoms with Crippen LogP contribution in [0.25, 0.3) is 10.8 Å². The summed E-state index contributed by atoms with van der Waals surface area (Å²) in [5.74, 6) is -0.0247. The quantitative estimate of drug-likeness (QED) is 0.563. The molecule has 2 fully saturated rings. The minimum absolute atomic E-state index is 0.0247. The first-order chi connectivity index (χ1) is 17.7. The Labute approximate surface area is 213 Å². The van der Waals surface area contributed by atoms with Gasteiger partial charge < -0.3 is 19.6 Å². The molecule has 6 rings (SSSR count). The summed E-state index contributed by atoms with van der Waals surface area (Å²) < 4.78 is 5.43. The second kappa shape index (κ2) is 10.1. The third kappa shape index (κ3) is 4.42. The first-order valence-electron chi connectivity index (χ1n) is 13.3. The summed E-state index contributed by atoms with van der Waals surface area (Å²) in [4.78, 5) is 18.2. The van der Waals surface area contributed by atoms with Crippen molar-refractivity contribution in [3.63, 3.8) is 0 Å². The highest BCUT2D eigenvalue weighted by Gasteiger charge is 2.33. The maximum Gasteiger partial charge on any atom is 0.258 e. The van der Waals surface area contributed by atoms with E-state index in [0.29, 0.717) is 13.0 Å². The fraction of sp³-hybridized carbons (Fsp3) is 0.387. The SMILES string of the molecule is O=C1c2cc(Cc3ccc(N4CCCC4)cc3)c3ccccc3c2CCC=CN1C1CCOCC1O. The van der Waals surface area contributed by atoms with Gasteiger partial charge in [-0.15, -0.1) is 0 Å². The van der Waals surface area contributed by atoms with Crippen LogP contribution in [-0.2, 0) is 17.6 Å². The Balaban J connectivity index is 1.38. The maximum absolute atomic E-state index is 14.0. The van der Waals surface area contributed by atoms with Crippen LogP contribution in [0.3, 0.4) is 0 Å². The van der Waals surface area contributed by atoms with Crippen LogP contribution in [0.2, 0.25) is 0 Å². The van der Waals surface area contributed by atoms with Crippen LogP contribution >= 0.6 is 0 Å². The van der Waals surface area contributed by atoms with Gasteiger partial charge in [-0.1, -0.05) is 42.5 Å². The number of amides is 1. The summed E-state index contributed by atoms with van der Waals surface area (Å²) in [6, 6.07) is 19.3. The van der Waals surface area contributed by atoms with Crippen LogP contribution < -0.4 is 4.90 Å². The summed E-state index contributed by atoms with van der Waals surface area (Å²) in [6.07, 6.45) is 8.91. The van der Waals surface area contributed by atoms with Gasteiger partial charge in [-0.25, -0.2) is 0 Å². The molecule has 1 N–H and O–H groups in total. The van der Waals surface area contributed by atoms with Gasteiger partial charge in [0.25, 0.3) is 5.91 Å². The number of aliphatic hydroxyl groups excluding tert-OH is 1. The number of ether oxygens (including phenoxy) is 1. The van der Waals surface area contributed by atoms with Gasteiger partial charge in [-0.3, -0.25) is 4.79 Å². The van der Waals surface area contributed by atoms with Crippen molar-refractivity contribution in [1.82, 2.24) is 4.90 Å². The molecule has 2 unspecified atom stereocenters. The smallest absolute Gasteiger partial charge is 0.258 e.